The molecular weight excluding hydrogens is 490 g/mol. The maximum Gasteiger partial charge on any atom is 0.341 e. The Balaban J connectivity index is 1.49. The minimum atomic E-state index is -0.430. The highest BCUT2D eigenvalue weighted by molar-refractivity contribution is 7.21. The van der Waals surface area contributed by atoms with Crippen molar-refractivity contribution in [3.05, 3.63) is 62.3 Å². The summed E-state index contributed by atoms with van der Waals surface area (Å²) in [6.07, 6.45) is 2.70. The molecule has 1 aliphatic carbocycles. The van der Waals surface area contributed by atoms with Crippen molar-refractivity contribution in [1.29, 1.82) is 0 Å². The summed E-state index contributed by atoms with van der Waals surface area (Å²) < 4.78 is 5.03. The Morgan fingerprint density at radius 3 is 2.68 bits per heavy atom. The van der Waals surface area contributed by atoms with Gasteiger partial charge in [0, 0.05) is 20.8 Å². The van der Waals surface area contributed by atoms with Crippen LogP contribution in [0.5, 0.6) is 0 Å². The summed E-state index contributed by atoms with van der Waals surface area (Å²) >= 11 is 8.68. The van der Waals surface area contributed by atoms with Crippen molar-refractivity contribution in [2.45, 2.75) is 26.2 Å². The molecule has 6 nitrogen and oxygen atoms in total. The van der Waals surface area contributed by atoms with Crippen LogP contribution in [0.3, 0.4) is 0 Å². The number of esters is 1. The number of carbonyl (C=O) groups excluding carboxylic acids is 2. The van der Waals surface area contributed by atoms with E-state index in [1.54, 1.807) is 0 Å². The molecule has 0 radical (unpaired) electrons. The number of nitrogens with one attached hydrogen (secondary N) is 1. The van der Waals surface area contributed by atoms with E-state index in [1.165, 1.54) is 29.8 Å². The average Bonchev–Trinajstić information content (AvgIpc) is 3.35. The van der Waals surface area contributed by atoms with Gasteiger partial charge in [-0.25, -0.2) is 9.78 Å². The number of anilines is 2. The normalized spacial score (nSPS) is 15.2. The zero-order valence-corrected chi connectivity index (χ0v) is 21.0. The molecule has 1 atom stereocenters. The highest BCUT2D eigenvalue weighted by Gasteiger charge is 2.30. The Bertz CT molecular complexity index is 1430. The van der Waals surface area contributed by atoms with Crippen LogP contribution in [0.4, 0.5) is 10.7 Å². The number of fused-ring (bicyclic) bond motifs is 2. The number of carbonyl (C=O) groups is 2. The Morgan fingerprint density at radius 1 is 1.18 bits per heavy atom. The number of pyridine rings is 1. The number of nitrogen functional groups attached to an aromatic ring is 1. The van der Waals surface area contributed by atoms with Crippen molar-refractivity contribution in [3.8, 4) is 11.3 Å². The smallest absolute Gasteiger partial charge is 0.341 e. The van der Waals surface area contributed by atoms with Gasteiger partial charge in [0.15, 0.2) is 0 Å². The Kier molecular flexibility index (Phi) is 6.06. The molecule has 5 rings (SSSR count). The number of benzene rings is 1. The summed E-state index contributed by atoms with van der Waals surface area (Å²) in [5.41, 5.74) is 9.87. The van der Waals surface area contributed by atoms with Crippen molar-refractivity contribution in [2.24, 2.45) is 5.92 Å². The summed E-state index contributed by atoms with van der Waals surface area (Å²) in [6.45, 7) is 2.20. The van der Waals surface area contributed by atoms with Gasteiger partial charge >= 0.3 is 5.97 Å². The van der Waals surface area contributed by atoms with E-state index in [-0.39, 0.29) is 5.91 Å². The third-order valence-corrected chi connectivity index (χ3v) is 8.60. The molecule has 1 amide bonds. The molecule has 34 heavy (non-hydrogen) atoms. The van der Waals surface area contributed by atoms with Crippen LogP contribution in [-0.4, -0.2) is 24.0 Å². The summed E-state index contributed by atoms with van der Waals surface area (Å²) in [5, 5.41) is 4.83. The number of methoxy groups -OCH3 is 1. The zero-order chi connectivity index (χ0) is 24.0. The first-order valence-electron chi connectivity index (χ1n) is 10.8. The fourth-order valence-corrected chi connectivity index (χ4v) is 6.77. The van der Waals surface area contributed by atoms with Crippen molar-refractivity contribution >= 4 is 67.1 Å². The van der Waals surface area contributed by atoms with Crippen molar-refractivity contribution in [1.82, 2.24) is 4.98 Å². The number of thiophene rings is 2. The highest BCUT2D eigenvalue weighted by atomic mass is 35.5. The molecule has 0 fully saturated rings. The predicted molar refractivity (Wildman–Crippen MR) is 139 cm³/mol. The standard InChI is InChI=1S/C25H22ClN3O3S2/c1-12-3-8-15-18(11-12)33-24(19(15)25(31)32-2)29-22(30)21-20(27)16-9-10-17(28-23(16)34-21)13-4-6-14(26)7-5-13/h4-7,9-10,12H,3,8,11,27H2,1-2H3,(H,29,30). The number of aromatic nitrogens is 1. The van der Waals surface area contributed by atoms with Gasteiger partial charge in [-0.05, 0) is 55.0 Å². The molecule has 0 spiro atoms. The van der Waals surface area contributed by atoms with Crippen LogP contribution in [0.15, 0.2) is 36.4 Å². The minimum absolute atomic E-state index is 0.356. The zero-order valence-electron chi connectivity index (χ0n) is 18.6. The summed E-state index contributed by atoms with van der Waals surface area (Å²) in [6, 6.07) is 11.2. The average molecular weight is 512 g/mol. The molecule has 4 aromatic rings. The summed E-state index contributed by atoms with van der Waals surface area (Å²) in [5.74, 6) is -0.245. The van der Waals surface area contributed by atoms with Gasteiger partial charge in [-0.15, -0.1) is 22.7 Å². The fraction of sp³-hybridized carbons (Fsp3) is 0.240. The number of rotatable bonds is 4. The van der Waals surface area contributed by atoms with Gasteiger partial charge in [-0.1, -0.05) is 30.7 Å². The number of amides is 1. The first-order valence-corrected chi connectivity index (χ1v) is 12.9. The van der Waals surface area contributed by atoms with Crippen molar-refractivity contribution in [2.75, 3.05) is 18.2 Å². The summed E-state index contributed by atoms with van der Waals surface area (Å²) in [7, 11) is 1.36. The number of nitrogens with zero attached hydrogens (tertiary/aromatic N) is 1. The van der Waals surface area contributed by atoms with Gasteiger partial charge in [0.25, 0.3) is 5.91 Å². The van der Waals surface area contributed by atoms with Gasteiger partial charge in [0.2, 0.25) is 0 Å². The molecule has 1 aromatic carbocycles. The van der Waals surface area contributed by atoms with Gasteiger partial charge in [-0.3, -0.25) is 4.79 Å². The Morgan fingerprint density at radius 2 is 1.94 bits per heavy atom. The van der Waals surface area contributed by atoms with Crippen LogP contribution in [0.1, 0.15) is 43.8 Å². The van der Waals surface area contributed by atoms with Gasteiger partial charge in [0.05, 0.1) is 24.1 Å². The quantitative estimate of drug-likeness (QED) is 0.308. The monoisotopic (exact) mass is 511 g/mol. The molecule has 3 aromatic heterocycles. The van der Waals surface area contributed by atoms with Crippen LogP contribution in [0, 0.1) is 5.92 Å². The maximum atomic E-state index is 13.3. The lowest BCUT2D eigenvalue weighted by molar-refractivity contribution is 0.0601. The van der Waals surface area contributed by atoms with E-state index in [0.29, 0.717) is 36.9 Å². The fourth-order valence-electron chi connectivity index (χ4n) is 4.26. The second kappa shape index (κ2) is 9.02. The SMILES string of the molecule is COC(=O)c1c(NC(=O)c2sc3nc(-c4ccc(Cl)cc4)ccc3c2N)sc2c1CCC(C)C2. The molecule has 1 unspecified atom stereocenters. The van der Waals surface area contributed by atoms with Crippen LogP contribution in [-0.2, 0) is 17.6 Å². The number of nitrogens with two attached hydrogens (primary N) is 1. The molecule has 1 aliphatic rings. The van der Waals surface area contributed by atoms with Crippen molar-refractivity contribution in [3.63, 3.8) is 0 Å². The second-order valence-electron chi connectivity index (χ2n) is 8.40. The number of ether oxygens (including phenoxy) is 1. The first-order chi connectivity index (χ1) is 16.4. The van der Waals surface area contributed by atoms with Crippen LogP contribution < -0.4 is 11.1 Å². The molecule has 0 aliphatic heterocycles. The number of hydrogen-bond donors (Lipinski definition) is 2. The summed E-state index contributed by atoms with van der Waals surface area (Å²) in [4.78, 5) is 32.7. The minimum Gasteiger partial charge on any atom is -0.465 e. The maximum absolute atomic E-state index is 13.3. The number of halogens is 1. The molecule has 0 bridgehead atoms. The molecule has 174 valence electrons. The first kappa shape index (κ1) is 22.8. The van der Waals surface area contributed by atoms with Crippen LogP contribution in [0.25, 0.3) is 21.5 Å². The molecule has 0 saturated carbocycles. The van der Waals surface area contributed by atoms with E-state index >= 15 is 0 Å². The van der Waals surface area contributed by atoms with Gasteiger partial charge < -0.3 is 15.8 Å². The van der Waals surface area contributed by atoms with Gasteiger partial charge in [0.1, 0.15) is 14.7 Å². The van der Waals surface area contributed by atoms with E-state index in [2.05, 4.69) is 12.2 Å². The van der Waals surface area contributed by atoms with Crippen molar-refractivity contribution < 1.29 is 14.3 Å². The Hall–Kier alpha value is -2.94. The molecule has 3 heterocycles. The lowest BCUT2D eigenvalue weighted by Gasteiger charge is -2.18. The van der Waals surface area contributed by atoms with Crippen LogP contribution >= 0.6 is 34.3 Å². The lowest BCUT2D eigenvalue weighted by atomic mass is 9.88. The Labute approximate surface area is 209 Å². The van der Waals surface area contributed by atoms with E-state index in [1.807, 2.05) is 36.4 Å². The predicted octanol–water partition coefficient (Wildman–Crippen LogP) is 6.42. The van der Waals surface area contributed by atoms with Crippen LogP contribution in [0.2, 0.25) is 5.02 Å². The molecule has 3 N–H and O–H groups in total. The highest BCUT2D eigenvalue weighted by Crippen LogP contribution is 2.41. The van der Waals surface area contributed by atoms with Gasteiger partial charge in [-0.2, -0.15) is 0 Å². The molecule has 0 saturated heterocycles. The molecule has 9 heteroatoms. The van der Waals surface area contributed by atoms with E-state index in [4.69, 9.17) is 27.1 Å². The third-order valence-electron chi connectivity index (χ3n) is 6.07. The topological polar surface area (TPSA) is 94.3 Å². The van der Waals surface area contributed by atoms with E-state index < -0.39 is 5.97 Å². The molecular formula is C25H22ClN3O3S2. The van der Waals surface area contributed by atoms with E-state index in [0.717, 1.165) is 46.3 Å². The third kappa shape index (κ3) is 4.06. The van der Waals surface area contributed by atoms with E-state index in [9.17, 15) is 9.59 Å². The number of hydrogen-bond acceptors (Lipinski definition) is 7. The lowest BCUT2D eigenvalue weighted by Crippen LogP contribution is -2.16. The second-order valence-corrected chi connectivity index (χ2v) is 10.9. The largest absolute Gasteiger partial charge is 0.465 e.